The summed E-state index contributed by atoms with van der Waals surface area (Å²) in [5.41, 5.74) is 9.87. The molecule has 0 aromatic heterocycles. The van der Waals surface area contributed by atoms with Crippen molar-refractivity contribution in [2.75, 3.05) is 10.4 Å². The first-order valence-electron chi connectivity index (χ1n) is 15.8. The van der Waals surface area contributed by atoms with Crippen LogP contribution >= 0.6 is 31.9 Å². The quantitative estimate of drug-likeness (QED) is 0.0734. The fourth-order valence-electron chi connectivity index (χ4n) is 5.11. The summed E-state index contributed by atoms with van der Waals surface area (Å²) in [5, 5.41) is 7.10. The van der Waals surface area contributed by atoms with Gasteiger partial charge in [-0.05, 0) is 71.3 Å². The van der Waals surface area contributed by atoms with Crippen molar-refractivity contribution in [2.45, 2.75) is 12.5 Å². The van der Waals surface area contributed by atoms with E-state index in [0.717, 1.165) is 38.0 Å². The maximum atomic E-state index is 11.9. The van der Waals surface area contributed by atoms with Gasteiger partial charge in [-0.25, -0.2) is 0 Å². The third-order valence-electron chi connectivity index (χ3n) is 7.55. The van der Waals surface area contributed by atoms with E-state index in [2.05, 4.69) is 115 Å². The monoisotopic (exact) mass is 770 g/mol. The van der Waals surface area contributed by atoms with E-state index in [1.807, 2.05) is 103 Å². The van der Waals surface area contributed by atoms with E-state index in [-0.39, 0.29) is 11.8 Å². The second kappa shape index (κ2) is 18.5. The highest BCUT2D eigenvalue weighted by atomic mass is 79.9. The topological polar surface area (TPSA) is 70.7 Å². The van der Waals surface area contributed by atoms with Gasteiger partial charge in [0.25, 0.3) is 0 Å². The van der Waals surface area contributed by atoms with Crippen LogP contribution in [-0.2, 0) is 0 Å². The molecule has 7 rings (SSSR count). The van der Waals surface area contributed by atoms with Crippen LogP contribution in [0.4, 0.5) is 11.4 Å². The number of hydrazone groups is 1. The lowest BCUT2D eigenvalue weighted by atomic mass is 9.98. The second-order valence-corrected chi connectivity index (χ2v) is 12.8. The van der Waals surface area contributed by atoms with E-state index in [0.29, 0.717) is 5.56 Å². The molecule has 1 unspecified atom stereocenters. The third kappa shape index (κ3) is 10.7. The number of halogens is 2. The molecule has 0 fully saturated rings. The number of hydrogen-bond donors (Lipinski definition) is 2. The van der Waals surface area contributed by atoms with E-state index in [9.17, 15) is 4.79 Å². The molecule has 5 nitrogen and oxygen atoms in total. The number of ketones is 1. The lowest BCUT2D eigenvalue weighted by Crippen LogP contribution is -2.18. The van der Waals surface area contributed by atoms with Crippen molar-refractivity contribution in [1.82, 2.24) is 0 Å². The SMILES string of the molecule is Brc1cccc(C2=NN(c3ccccc3)C(c3ccccc3)C2)c1.NNc1ccccc1.O=C(/C=C/c1ccccc1)c1cccc(Br)c1. The van der Waals surface area contributed by atoms with Crippen LogP contribution in [0.25, 0.3) is 6.08 Å². The minimum atomic E-state index is 0.00940. The Kier molecular flexibility index (Phi) is 13.3. The molecule has 0 saturated carbocycles. The maximum absolute atomic E-state index is 11.9. The van der Waals surface area contributed by atoms with Gasteiger partial charge in [-0.2, -0.15) is 5.10 Å². The van der Waals surface area contributed by atoms with Crippen molar-refractivity contribution in [1.29, 1.82) is 0 Å². The molecule has 0 bridgehead atoms. The van der Waals surface area contributed by atoms with E-state index >= 15 is 0 Å². The molecule has 6 aromatic carbocycles. The van der Waals surface area contributed by atoms with Gasteiger partial charge in [-0.1, -0.05) is 159 Å². The van der Waals surface area contributed by atoms with Crippen LogP contribution in [0, 0.1) is 0 Å². The van der Waals surface area contributed by atoms with Crippen molar-refractivity contribution in [3.05, 3.63) is 207 Å². The van der Waals surface area contributed by atoms with Crippen LogP contribution in [0.3, 0.4) is 0 Å². The Morgan fingerprint density at radius 3 is 1.86 bits per heavy atom. The number of nitrogens with two attached hydrogens (primary N) is 1. The number of rotatable bonds is 7. The third-order valence-corrected chi connectivity index (χ3v) is 8.54. The molecule has 0 radical (unpaired) electrons. The van der Waals surface area contributed by atoms with Gasteiger partial charge in [-0.3, -0.25) is 15.6 Å². The van der Waals surface area contributed by atoms with Crippen molar-refractivity contribution in [2.24, 2.45) is 10.9 Å². The van der Waals surface area contributed by atoms with Crippen LogP contribution in [0.2, 0.25) is 0 Å². The largest absolute Gasteiger partial charge is 0.324 e. The fourth-order valence-corrected chi connectivity index (χ4v) is 5.91. The smallest absolute Gasteiger partial charge is 0.185 e. The Hall–Kier alpha value is -5.08. The Morgan fingerprint density at radius 2 is 1.27 bits per heavy atom. The first-order chi connectivity index (χ1) is 24.0. The van der Waals surface area contributed by atoms with E-state index in [4.69, 9.17) is 10.9 Å². The highest BCUT2D eigenvalue weighted by Crippen LogP contribution is 2.36. The fraction of sp³-hybridized carbons (Fsp3) is 0.0476. The summed E-state index contributed by atoms with van der Waals surface area (Å²) in [6.07, 6.45) is 4.32. The normalized spacial score (nSPS) is 13.4. The average molecular weight is 773 g/mol. The van der Waals surface area contributed by atoms with Crippen LogP contribution < -0.4 is 16.3 Å². The molecule has 0 spiro atoms. The molecule has 6 aromatic rings. The van der Waals surface area contributed by atoms with Crippen molar-refractivity contribution < 1.29 is 4.79 Å². The molecule has 0 saturated heterocycles. The number of hydrogen-bond acceptors (Lipinski definition) is 5. The number of benzene rings is 6. The van der Waals surface area contributed by atoms with Gasteiger partial charge in [0.05, 0.1) is 17.4 Å². The molecular weight excluding hydrogens is 736 g/mol. The van der Waals surface area contributed by atoms with Gasteiger partial charge in [0.1, 0.15) is 0 Å². The number of nitrogen functional groups attached to an aromatic ring is 1. The minimum Gasteiger partial charge on any atom is -0.324 e. The number of hydrazine groups is 1. The first kappa shape index (κ1) is 35.2. The average Bonchev–Trinajstić information content (AvgIpc) is 3.62. The molecule has 49 heavy (non-hydrogen) atoms. The summed E-state index contributed by atoms with van der Waals surface area (Å²) in [5.74, 6) is 5.11. The molecule has 0 aliphatic carbocycles. The van der Waals surface area contributed by atoms with Crippen LogP contribution in [0.1, 0.15) is 39.5 Å². The standard InChI is InChI=1S/C21H17BrN2.C15H11BrO.C6H8N2/c22-18-11-7-10-17(14-18)20-15-21(16-8-3-1-4-9-16)24(23-20)19-12-5-2-6-13-19;16-14-8-4-7-13(11-14)15(17)10-9-12-5-2-1-3-6-12;7-8-6-4-2-1-3-5-6/h1-14,21H,15H2;1-11H;1-5,8H,7H2/b;10-9+;. The molecule has 1 aliphatic rings. The summed E-state index contributed by atoms with van der Waals surface area (Å²) >= 11 is 6.91. The van der Waals surface area contributed by atoms with Crippen molar-refractivity contribution >= 4 is 60.8 Å². The van der Waals surface area contributed by atoms with Crippen LogP contribution in [0.15, 0.2) is 190 Å². The number of carbonyl (C=O) groups is 1. The van der Waals surface area contributed by atoms with Crippen LogP contribution in [-0.4, -0.2) is 11.5 Å². The highest BCUT2D eigenvalue weighted by Gasteiger charge is 2.29. The zero-order chi connectivity index (χ0) is 34.3. The lowest BCUT2D eigenvalue weighted by Gasteiger charge is -2.23. The predicted molar refractivity (Wildman–Crippen MR) is 212 cm³/mol. The van der Waals surface area contributed by atoms with Crippen LogP contribution in [0.5, 0.6) is 0 Å². The van der Waals surface area contributed by atoms with Gasteiger partial charge in [0, 0.05) is 26.6 Å². The number of allylic oxidation sites excluding steroid dienone is 1. The van der Waals surface area contributed by atoms with Gasteiger partial charge < -0.3 is 5.43 Å². The summed E-state index contributed by atoms with van der Waals surface area (Å²) < 4.78 is 1.99. The zero-order valence-corrected chi connectivity index (χ0v) is 29.9. The molecule has 1 aliphatic heterocycles. The van der Waals surface area contributed by atoms with Gasteiger partial charge in [-0.15, -0.1) is 0 Å². The molecule has 1 heterocycles. The summed E-state index contributed by atoms with van der Waals surface area (Å²) in [6.45, 7) is 0. The maximum Gasteiger partial charge on any atom is 0.185 e. The van der Waals surface area contributed by atoms with E-state index < -0.39 is 0 Å². The second-order valence-electron chi connectivity index (χ2n) is 11.0. The Morgan fingerprint density at radius 1 is 0.694 bits per heavy atom. The summed E-state index contributed by atoms with van der Waals surface area (Å²) in [7, 11) is 0. The number of nitrogens with zero attached hydrogens (tertiary/aromatic N) is 2. The minimum absolute atomic E-state index is 0.00940. The first-order valence-corrected chi connectivity index (χ1v) is 17.4. The Labute approximate surface area is 305 Å². The molecule has 7 heteroatoms. The Bertz CT molecular complexity index is 1970. The molecule has 1 atom stereocenters. The van der Waals surface area contributed by atoms with Crippen molar-refractivity contribution in [3.63, 3.8) is 0 Å². The number of para-hydroxylation sites is 2. The van der Waals surface area contributed by atoms with Gasteiger partial charge in [0.2, 0.25) is 0 Å². The number of anilines is 2. The number of nitrogens with one attached hydrogen (secondary N) is 1. The summed E-state index contributed by atoms with van der Waals surface area (Å²) in [4.78, 5) is 11.9. The molecular formula is C42H36Br2N4O. The Balaban J connectivity index is 0.000000162. The highest BCUT2D eigenvalue weighted by molar-refractivity contribution is 9.10. The lowest BCUT2D eigenvalue weighted by molar-refractivity contribution is 0.104. The number of carbonyl (C=O) groups excluding carboxylic acids is 1. The van der Waals surface area contributed by atoms with Gasteiger partial charge >= 0.3 is 0 Å². The summed E-state index contributed by atoms with van der Waals surface area (Å²) in [6, 6.07) is 56.3. The van der Waals surface area contributed by atoms with E-state index in [1.165, 1.54) is 11.1 Å². The van der Waals surface area contributed by atoms with Crippen molar-refractivity contribution in [3.8, 4) is 0 Å². The zero-order valence-electron chi connectivity index (χ0n) is 26.7. The predicted octanol–water partition coefficient (Wildman–Crippen LogP) is 11.1. The molecule has 244 valence electrons. The molecule has 0 amide bonds. The van der Waals surface area contributed by atoms with Gasteiger partial charge in [0.15, 0.2) is 5.78 Å². The van der Waals surface area contributed by atoms with E-state index in [1.54, 1.807) is 6.08 Å². The molecule has 3 N–H and O–H groups in total.